The fourth-order valence-electron chi connectivity index (χ4n) is 2.06. The maximum Gasteiger partial charge on any atom is 0.126 e. The van der Waals surface area contributed by atoms with Gasteiger partial charge in [0.25, 0.3) is 0 Å². The Hall–Kier alpha value is -1.61. The van der Waals surface area contributed by atoms with Gasteiger partial charge in [-0.25, -0.2) is 4.98 Å². The smallest absolute Gasteiger partial charge is 0.126 e. The predicted molar refractivity (Wildman–Crippen MR) is 64.4 cm³/mol. The summed E-state index contributed by atoms with van der Waals surface area (Å²) in [5.41, 5.74) is 1.01. The Morgan fingerprint density at radius 3 is 2.75 bits per heavy atom. The number of anilines is 1. The zero-order valence-electron chi connectivity index (χ0n) is 8.93. The first-order valence-corrected chi connectivity index (χ1v) is 5.62. The van der Waals surface area contributed by atoms with Gasteiger partial charge in [-0.2, -0.15) is 0 Å². The lowest BCUT2D eigenvalue weighted by Gasteiger charge is -2.32. The van der Waals surface area contributed by atoms with Crippen LogP contribution in [0.25, 0.3) is 10.9 Å². The lowest BCUT2D eigenvalue weighted by Crippen LogP contribution is -2.39. The van der Waals surface area contributed by atoms with E-state index in [0.717, 1.165) is 29.6 Å². The van der Waals surface area contributed by atoms with E-state index in [2.05, 4.69) is 22.4 Å². The maximum atomic E-state index is 9.21. The summed E-state index contributed by atoms with van der Waals surface area (Å²) in [6.45, 7) is 0. The Labute approximate surface area is 94.1 Å². The Morgan fingerprint density at radius 1 is 1.12 bits per heavy atom. The molecule has 1 heterocycles. The second-order valence-electron chi connectivity index (χ2n) is 4.36. The molecule has 1 aliphatic rings. The Bertz CT molecular complexity index is 506. The molecule has 0 spiro atoms. The highest BCUT2D eigenvalue weighted by Crippen LogP contribution is 2.24. The van der Waals surface area contributed by atoms with Crippen molar-refractivity contribution < 1.29 is 5.11 Å². The summed E-state index contributed by atoms with van der Waals surface area (Å²) >= 11 is 0. The minimum atomic E-state index is -0.127. The highest BCUT2D eigenvalue weighted by molar-refractivity contribution is 5.80. The molecule has 3 nitrogen and oxygen atoms in total. The molecule has 1 aliphatic carbocycles. The second kappa shape index (κ2) is 3.76. The van der Waals surface area contributed by atoms with Crippen LogP contribution in [0.1, 0.15) is 12.8 Å². The van der Waals surface area contributed by atoms with Gasteiger partial charge in [0.15, 0.2) is 0 Å². The second-order valence-corrected chi connectivity index (χ2v) is 4.36. The lowest BCUT2D eigenvalue weighted by molar-refractivity contribution is 0.0835. The molecular formula is C13H14N2O. The molecule has 1 fully saturated rings. The van der Waals surface area contributed by atoms with Gasteiger partial charge in [0, 0.05) is 11.4 Å². The Balaban J connectivity index is 1.82. The molecule has 1 saturated carbocycles. The number of hydrogen-bond acceptors (Lipinski definition) is 3. The standard InChI is InChI=1S/C13H14N2O/c16-11-7-10(8-11)14-13-6-5-9-3-1-2-4-12(9)15-13/h1-6,10-11,16H,7-8H2,(H,14,15). The number of rotatable bonds is 2. The van der Waals surface area contributed by atoms with Crippen LogP contribution in [0.5, 0.6) is 0 Å². The molecule has 82 valence electrons. The minimum Gasteiger partial charge on any atom is -0.393 e. The number of aliphatic hydroxyl groups excluding tert-OH is 1. The van der Waals surface area contributed by atoms with Gasteiger partial charge >= 0.3 is 0 Å². The van der Waals surface area contributed by atoms with Crippen LogP contribution in [0.3, 0.4) is 0 Å². The first kappa shape index (κ1) is 9.60. The van der Waals surface area contributed by atoms with Crippen molar-refractivity contribution in [2.45, 2.75) is 25.0 Å². The molecule has 3 rings (SSSR count). The number of nitrogens with zero attached hydrogens (tertiary/aromatic N) is 1. The number of aromatic nitrogens is 1. The molecular weight excluding hydrogens is 200 g/mol. The van der Waals surface area contributed by atoms with E-state index in [4.69, 9.17) is 0 Å². The van der Waals surface area contributed by atoms with Gasteiger partial charge in [-0.1, -0.05) is 18.2 Å². The van der Waals surface area contributed by atoms with Gasteiger partial charge in [0.1, 0.15) is 5.82 Å². The monoisotopic (exact) mass is 214 g/mol. The van der Waals surface area contributed by atoms with Gasteiger partial charge in [0.05, 0.1) is 11.6 Å². The molecule has 0 saturated heterocycles. The van der Waals surface area contributed by atoms with Crippen molar-refractivity contribution in [3.8, 4) is 0 Å². The molecule has 3 heteroatoms. The van der Waals surface area contributed by atoms with Crippen LogP contribution >= 0.6 is 0 Å². The quantitative estimate of drug-likeness (QED) is 0.805. The summed E-state index contributed by atoms with van der Waals surface area (Å²) in [5, 5.41) is 13.7. The van der Waals surface area contributed by atoms with Crippen molar-refractivity contribution in [2.75, 3.05) is 5.32 Å². The number of para-hydroxylation sites is 1. The average Bonchev–Trinajstić information content (AvgIpc) is 2.27. The molecule has 0 amide bonds. The topological polar surface area (TPSA) is 45.1 Å². The van der Waals surface area contributed by atoms with E-state index in [9.17, 15) is 5.11 Å². The molecule has 1 aromatic heterocycles. The molecule has 1 aromatic carbocycles. The van der Waals surface area contributed by atoms with Crippen molar-refractivity contribution in [2.24, 2.45) is 0 Å². The molecule has 0 radical (unpaired) electrons. The van der Waals surface area contributed by atoms with Crippen LogP contribution in [0.15, 0.2) is 36.4 Å². The van der Waals surface area contributed by atoms with Crippen molar-refractivity contribution in [3.05, 3.63) is 36.4 Å². The molecule has 0 atom stereocenters. The largest absolute Gasteiger partial charge is 0.393 e. The summed E-state index contributed by atoms with van der Waals surface area (Å²) in [6.07, 6.45) is 1.53. The predicted octanol–water partition coefficient (Wildman–Crippen LogP) is 2.17. The number of hydrogen-bond donors (Lipinski definition) is 2. The van der Waals surface area contributed by atoms with Gasteiger partial charge in [-0.15, -0.1) is 0 Å². The number of aliphatic hydroxyl groups is 1. The number of pyridine rings is 1. The normalized spacial score (nSPS) is 24.1. The average molecular weight is 214 g/mol. The first-order chi connectivity index (χ1) is 7.81. The van der Waals surface area contributed by atoms with E-state index in [1.807, 2.05) is 24.3 Å². The van der Waals surface area contributed by atoms with Crippen molar-refractivity contribution in [1.82, 2.24) is 4.98 Å². The van der Waals surface area contributed by atoms with Crippen LogP contribution in [-0.2, 0) is 0 Å². The zero-order chi connectivity index (χ0) is 11.0. The summed E-state index contributed by atoms with van der Waals surface area (Å²) in [4.78, 5) is 4.53. The van der Waals surface area contributed by atoms with Crippen LogP contribution < -0.4 is 5.32 Å². The molecule has 0 unspecified atom stereocenters. The van der Waals surface area contributed by atoms with E-state index in [0.29, 0.717) is 6.04 Å². The van der Waals surface area contributed by atoms with Crippen molar-refractivity contribution in [3.63, 3.8) is 0 Å². The minimum absolute atomic E-state index is 0.127. The highest BCUT2D eigenvalue weighted by Gasteiger charge is 2.26. The van der Waals surface area contributed by atoms with Gasteiger partial charge in [-0.3, -0.25) is 0 Å². The lowest BCUT2D eigenvalue weighted by atomic mass is 9.89. The summed E-state index contributed by atoms with van der Waals surface area (Å²) in [7, 11) is 0. The van der Waals surface area contributed by atoms with Crippen LogP contribution in [-0.4, -0.2) is 22.2 Å². The first-order valence-electron chi connectivity index (χ1n) is 5.62. The third kappa shape index (κ3) is 1.74. The molecule has 0 aliphatic heterocycles. The van der Waals surface area contributed by atoms with Crippen LogP contribution in [0.2, 0.25) is 0 Å². The third-order valence-electron chi connectivity index (χ3n) is 3.06. The molecule has 16 heavy (non-hydrogen) atoms. The molecule has 0 bridgehead atoms. The fourth-order valence-corrected chi connectivity index (χ4v) is 2.06. The Morgan fingerprint density at radius 2 is 1.94 bits per heavy atom. The van der Waals surface area contributed by atoms with E-state index in [1.165, 1.54) is 0 Å². The van der Waals surface area contributed by atoms with E-state index in [-0.39, 0.29) is 6.10 Å². The van der Waals surface area contributed by atoms with Crippen molar-refractivity contribution >= 4 is 16.7 Å². The number of benzene rings is 1. The van der Waals surface area contributed by atoms with Crippen molar-refractivity contribution in [1.29, 1.82) is 0 Å². The summed E-state index contributed by atoms with van der Waals surface area (Å²) in [6, 6.07) is 12.5. The van der Waals surface area contributed by atoms with Gasteiger partial charge < -0.3 is 10.4 Å². The van der Waals surface area contributed by atoms with Gasteiger partial charge in [-0.05, 0) is 31.0 Å². The molecule has 2 aromatic rings. The third-order valence-corrected chi connectivity index (χ3v) is 3.06. The molecule has 2 N–H and O–H groups in total. The summed E-state index contributed by atoms with van der Waals surface area (Å²) < 4.78 is 0. The maximum absolute atomic E-state index is 9.21. The van der Waals surface area contributed by atoms with E-state index >= 15 is 0 Å². The highest BCUT2D eigenvalue weighted by atomic mass is 16.3. The van der Waals surface area contributed by atoms with E-state index in [1.54, 1.807) is 0 Å². The number of nitrogens with one attached hydrogen (secondary N) is 1. The van der Waals surface area contributed by atoms with Crippen LogP contribution in [0, 0.1) is 0 Å². The fraction of sp³-hybridized carbons (Fsp3) is 0.308. The summed E-state index contributed by atoms with van der Waals surface area (Å²) in [5.74, 6) is 0.899. The number of fused-ring (bicyclic) bond motifs is 1. The van der Waals surface area contributed by atoms with Crippen LogP contribution in [0.4, 0.5) is 5.82 Å². The SMILES string of the molecule is OC1CC(Nc2ccc3ccccc3n2)C1. The Kier molecular flexibility index (Phi) is 2.26. The van der Waals surface area contributed by atoms with E-state index < -0.39 is 0 Å². The zero-order valence-corrected chi connectivity index (χ0v) is 8.93. The van der Waals surface area contributed by atoms with Gasteiger partial charge in [0.2, 0.25) is 0 Å².